The molecule has 150 valence electrons. The first kappa shape index (κ1) is 18.9. The minimum absolute atomic E-state index is 0.117. The van der Waals surface area contributed by atoms with Gasteiger partial charge in [0, 0.05) is 37.0 Å². The summed E-state index contributed by atoms with van der Waals surface area (Å²) < 4.78 is 15.1. The van der Waals surface area contributed by atoms with Crippen molar-refractivity contribution in [2.24, 2.45) is 0 Å². The van der Waals surface area contributed by atoms with Crippen molar-refractivity contribution < 1.29 is 9.18 Å². The number of carbonyl (C=O) groups is 1. The zero-order chi connectivity index (χ0) is 20.4. The summed E-state index contributed by atoms with van der Waals surface area (Å²) in [5.74, 6) is 0.437. The zero-order valence-electron chi connectivity index (χ0n) is 16.0. The molecule has 1 unspecified atom stereocenters. The van der Waals surface area contributed by atoms with E-state index in [0.717, 1.165) is 24.2 Å². The number of nitrogen functional groups attached to an aromatic ring is 1. The number of amides is 2. The third-order valence-corrected chi connectivity index (χ3v) is 5.00. The summed E-state index contributed by atoms with van der Waals surface area (Å²) in [4.78, 5) is 22.7. The molecule has 9 heteroatoms. The van der Waals surface area contributed by atoms with Crippen molar-refractivity contribution in [2.75, 3.05) is 24.1 Å². The summed E-state index contributed by atoms with van der Waals surface area (Å²) in [7, 11) is 0. The summed E-state index contributed by atoms with van der Waals surface area (Å²) in [6.07, 6.45) is 3.45. The fourth-order valence-electron chi connectivity index (χ4n) is 3.61. The van der Waals surface area contributed by atoms with Crippen LogP contribution in [0.5, 0.6) is 0 Å². The Hall–Kier alpha value is -3.49. The van der Waals surface area contributed by atoms with Crippen molar-refractivity contribution in [1.82, 2.24) is 24.6 Å². The van der Waals surface area contributed by atoms with Crippen molar-refractivity contribution >= 4 is 17.8 Å². The molecule has 3 N–H and O–H groups in total. The second-order valence-corrected chi connectivity index (χ2v) is 7.12. The van der Waals surface area contributed by atoms with Crippen LogP contribution in [0.4, 0.5) is 21.0 Å². The molecular weight excluding hydrogens is 373 g/mol. The maximum absolute atomic E-state index is 13.5. The average Bonchev–Trinajstić information content (AvgIpc) is 3.08. The van der Waals surface area contributed by atoms with Crippen LogP contribution in [0.2, 0.25) is 0 Å². The Morgan fingerprint density at radius 3 is 2.97 bits per heavy atom. The lowest BCUT2D eigenvalue weighted by atomic mass is 9.95. The number of likely N-dealkylation sites (tertiary alicyclic amines) is 1. The van der Waals surface area contributed by atoms with Gasteiger partial charge in [0.25, 0.3) is 0 Å². The van der Waals surface area contributed by atoms with E-state index in [2.05, 4.69) is 20.4 Å². The molecule has 0 aliphatic carbocycles. The van der Waals surface area contributed by atoms with E-state index in [1.807, 2.05) is 13.0 Å². The van der Waals surface area contributed by atoms with E-state index in [9.17, 15) is 9.18 Å². The lowest BCUT2D eigenvalue weighted by Gasteiger charge is -2.32. The predicted octanol–water partition coefficient (Wildman–Crippen LogP) is 3.10. The van der Waals surface area contributed by atoms with Crippen LogP contribution in [-0.2, 0) is 0 Å². The van der Waals surface area contributed by atoms with Gasteiger partial charge in [-0.2, -0.15) is 0 Å². The van der Waals surface area contributed by atoms with E-state index in [4.69, 9.17) is 5.73 Å². The number of nitrogens with one attached hydrogen (secondary N) is 1. The molecule has 4 rings (SSSR count). The van der Waals surface area contributed by atoms with Crippen LogP contribution >= 0.6 is 0 Å². The van der Waals surface area contributed by atoms with Crippen LogP contribution in [0.25, 0.3) is 5.69 Å². The molecule has 2 amide bonds. The van der Waals surface area contributed by atoms with Gasteiger partial charge in [0.15, 0.2) is 5.82 Å². The molecule has 1 fully saturated rings. The van der Waals surface area contributed by atoms with Crippen molar-refractivity contribution in [2.45, 2.75) is 25.7 Å². The highest BCUT2D eigenvalue weighted by atomic mass is 19.1. The molecular formula is C20H22FN7O. The number of nitrogens with two attached hydrogens (primary N) is 1. The van der Waals surface area contributed by atoms with Crippen molar-refractivity contribution in [3.05, 3.63) is 59.8 Å². The molecule has 0 saturated carbocycles. The molecule has 1 aromatic carbocycles. The van der Waals surface area contributed by atoms with E-state index in [1.165, 1.54) is 12.1 Å². The number of anilines is 2. The number of hydrogen-bond acceptors (Lipinski definition) is 5. The number of benzene rings is 1. The summed E-state index contributed by atoms with van der Waals surface area (Å²) >= 11 is 0. The number of aryl methyl sites for hydroxylation is 1. The molecule has 3 heterocycles. The molecule has 0 radical (unpaired) electrons. The Bertz CT molecular complexity index is 1040. The van der Waals surface area contributed by atoms with Crippen molar-refractivity contribution in [3.63, 3.8) is 0 Å². The second kappa shape index (κ2) is 7.86. The van der Waals surface area contributed by atoms with Gasteiger partial charge < -0.3 is 10.6 Å². The average molecular weight is 395 g/mol. The first-order valence-electron chi connectivity index (χ1n) is 9.46. The van der Waals surface area contributed by atoms with Crippen LogP contribution in [0.1, 0.15) is 30.1 Å². The van der Waals surface area contributed by atoms with Gasteiger partial charge in [-0.1, -0.05) is 6.07 Å². The Labute approximate surface area is 167 Å². The quantitative estimate of drug-likeness (QED) is 0.709. The van der Waals surface area contributed by atoms with Crippen molar-refractivity contribution in [3.8, 4) is 5.69 Å². The van der Waals surface area contributed by atoms with Gasteiger partial charge in [-0.15, -0.1) is 5.10 Å². The number of hydrogen-bond donors (Lipinski definition) is 2. The molecule has 2 aromatic heterocycles. The number of piperidine rings is 1. The molecule has 0 spiro atoms. The van der Waals surface area contributed by atoms with E-state index in [0.29, 0.717) is 24.6 Å². The van der Waals surface area contributed by atoms with E-state index >= 15 is 0 Å². The maximum Gasteiger partial charge on any atom is 0.323 e. The van der Waals surface area contributed by atoms with Gasteiger partial charge in [-0.25, -0.2) is 23.8 Å². The Balaban J connectivity index is 1.46. The Morgan fingerprint density at radius 1 is 1.31 bits per heavy atom. The highest BCUT2D eigenvalue weighted by molar-refractivity contribution is 5.88. The third-order valence-electron chi connectivity index (χ3n) is 5.00. The van der Waals surface area contributed by atoms with E-state index in [-0.39, 0.29) is 23.7 Å². The van der Waals surface area contributed by atoms with Gasteiger partial charge in [-0.3, -0.25) is 5.32 Å². The summed E-state index contributed by atoms with van der Waals surface area (Å²) in [5.41, 5.74) is 7.92. The van der Waals surface area contributed by atoms with Gasteiger partial charge >= 0.3 is 6.03 Å². The number of nitrogens with zero attached hydrogens (tertiary/aromatic N) is 5. The number of carbonyl (C=O) groups excluding carboxylic acids is 1. The third kappa shape index (κ3) is 4.18. The minimum Gasteiger partial charge on any atom is -0.368 e. The molecule has 1 aliphatic heterocycles. The van der Waals surface area contributed by atoms with Crippen LogP contribution in [-0.4, -0.2) is 43.8 Å². The molecule has 1 saturated heterocycles. The van der Waals surface area contributed by atoms with Crippen LogP contribution in [0.3, 0.4) is 0 Å². The highest BCUT2D eigenvalue weighted by Crippen LogP contribution is 2.26. The molecule has 0 bridgehead atoms. The zero-order valence-corrected chi connectivity index (χ0v) is 16.0. The van der Waals surface area contributed by atoms with Gasteiger partial charge in [-0.05, 0) is 44.0 Å². The number of halogens is 1. The summed E-state index contributed by atoms with van der Waals surface area (Å²) in [5, 5.41) is 7.24. The molecule has 8 nitrogen and oxygen atoms in total. The fraction of sp³-hybridized carbons (Fsp3) is 0.300. The van der Waals surface area contributed by atoms with Gasteiger partial charge in [0.1, 0.15) is 5.82 Å². The lowest BCUT2D eigenvalue weighted by Crippen LogP contribution is -2.41. The number of urea groups is 1. The van der Waals surface area contributed by atoms with Gasteiger partial charge in [0.2, 0.25) is 5.95 Å². The first-order chi connectivity index (χ1) is 14.0. The monoisotopic (exact) mass is 395 g/mol. The number of aromatic nitrogens is 4. The van der Waals surface area contributed by atoms with Crippen LogP contribution < -0.4 is 11.1 Å². The van der Waals surface area contributed by atoms with Crippen LogP contribution in [0, 0.1) is 12.7 Å². The lowest BCUT2D eigenvalue weighted by molar-refractivity contribution is 0.192. The van der Waals surface area contributed by atoms with Gasteiger partial charge in [0.05, 0.1) is 11.4 Å². The fourth-order valence-corrected chi connectivity index (χ4v) is 3.61. The molecule has 1 atom stereocenters. The molecule has 29 heavy (non-hydrogen) atoms. The molecule has 3 aromatic rings. The minimum atomic E-state index is -0.340. The topological polar surface area (TPSA) is 102 Å². The summed E-state index contributed by atoms with van der Waals surface area (Å²) in [6, 6.07) is 9.54. The second-order valence-electron chi connectivity index (χ2n) is 7.12. The maximum atomic E-state index is 13.5. The van der Waals surface area contributed by atoms with E-state index in [1.54, 1.807) is 34.0 Å². The van der Waals surface area contributed by atoms with E-state index < -0.39 is 0 Å². The Kier molecular flexibility index (Phi) is 5.11. The largest absolute Gasteiger partial charge is 0.368 e. The smallest absolute Gasteiger partial charge is 0.323 e. The van der Waals surface area contributed by atoms with Crippen molar-refractivity contribution in [1.29, 1.82) is 0 Å². The molecule has 1 aliphatic rings. The Morgan fingerprint density at radius 2 is 2.17 bits per heavy atom. The first-order valence-corrected chi connectivity index (χ1v) is 9.46. The summed E-state index contributed by atoms with van der Waals surface area (Å²) in [6.45, 7) is 3.06. The normalized spacial score (nSPS) is 16.6. The standard InChI is InChI=1S/C20H22FN7O/c1-13-10-18(26-28(13)16-6-2-5-15(21)11-16)25-20(29)27-9-3-4-14(12-27)17-7-8-23-19(22)24-17/h2,5-8,10-11,14H,3-4,9,12H2,1H3,(H2,22,23,24)(H,25,26,29). The highest BCUT2D eigenvalue weighted by Gasteiger charge is 2.26. The number of rotatable bonds is 3. The van der Waals surface area contributed by atoms with Crippen LogP contribution in [0.15, 0.2) is 42.6 Å². The SMILES string of the molecule is Cc1cc(NC(=O)N2CCCC(c3ccnc(N)n3)C2)nn1-c1cccc(F)c1. The predicted molar refractivity (Wildman–Crippen MR) is 107 cm³/mol.